The summed E-state index contributed by atoms with van der Waals surface area (Å²) in [6.07, 6.45) is 3.85. The predicted octanol–water partition coefficient (Wildman–Crippen LogP) is 2.66. The van der Waals surface area contributed by atoms with Crippen LogP contribution in [0.25, 0.3) is 5.69 Å². The third-order valence-corrected chi connectivity index (χ3v) is 2.52. The number of ketones is 1. The molecule has 2 aromatic rings. The maximum Gasteiger partial charge on any atom is 0.135 e. The largest absolute Gasteiger partial charge is 0.305 e. The van der Waals surface area contributed by atoms with Crippen molar-refractivity contribution in [2.24, 2.45) is 0 Å². The molecule has 0 amide bonds. The fraction of sp³-hybridized carbons (Fsp3) is 0.167. The Morgan fingerprint density at radius 3 is 2.88 bits per heavy atom. The van der Waals surface area contributed by atoms with Crippen molar-refractivity contribution in [2.45, 2.75) is 13.3 Å². The van der Waals surface area contributed by atoms with E-state index in [4.69, 9.17) is 11.6 Å². The Hall–Kier alpha value is -1.61. The van der Waals surface area contributed by atoms with Gasteiger partial charge in [0, 0.05) is 12.6 Å². The first-order valence-electron chi connectivity index (χ1n) is 4.94. The molecule has 16 heavy (non-hydrogen) atoms. The number of nitrogens with zero attached hydrogens (tertiary/aromatic N) is 2. The number of imidazole rings is 1. The van der Waals surface area contributed by atoms with E-state index in [-0.39, 0.29) is 5.78 Å². The van der Waals surface area contributed by atoms with Crippen LogP contribution < -0.4 is 0 Å². The van der Waals surface area contributed by atoms with Gasteiger partial charge in [0.2, 0.25) is 0 Å². The van der Waals surface area contributed by atoms with Crippen molar-refractivity contribution in [3.05, 3.63) is 47.5 Å². The zero-order chi connectivity index (χ0) is 11.5. The van der Waals surface area contributed by atoms with Crippen LogP contribution in [0.1, 0.15) is 12.6 Å². The summed E-state index contributed by atoms with van der Waals surface area (Å²) in [5, 5.41) is 0.661. The number of rotatable bonds is 3. The summed E-state index contributed by atoms with van der Waals surface area (Å²) in [5.41, 5.74) is 1.62. The van der Waals surface area contributed by atoms with Gasteiger partial charge in [-0.05, 0) is 19.1 Å². The smallest absolute Gasteiger partial charge is 0.135 e. The fourth-order valence-electron chi connectivity index (χ4n) is 1.50. The normalized spacial score (nSPS) is 10.4. The lowest BCUT2D eigenvalue weighted by Crippen LogP contribution is -1.96. The molecule has 1 aromatic heterocycles. The number of carbonyl (C=O) groups excluding carboxylic acids is 1. The number of aromatic nitrogens is 2. The summed E-state index contributed by atoms with van der Waals surface area (Å²) in [6.45, 7) is 1.55. The van der Waals surface area contributed by atoms with Gasteiger partial charge in [-0.25, -0.2) is 4.98 Å². The standard InChI is InChI=1S/C12H11ClN2O/c1-9(16)6-10-7-15(8-14-10)12-5-3-2-4-11(12)13/h2-5,7-8H,6H2,1H3. The van der Waals surface area contributed by atoms with Crippen LogP contribution in [0.4, 0.5) is 0 Å². The molecule has 2 rings (SSSR count). The van der Waals surface area contributed by atoms with Gasteiger partial charge < -0.3 is 4.57 Å². The van der Waals surface area contributed by atoms with Crippen LogP contribution in [0.5, 0.6) is 0 Å². The Morgan fingerprint density at radius 2 is 2.19 bits per heavy atom. The van der Waals surface area contributed by atoms with E-state index in [1.165, 1.54) is 0 Å². The van der Waals surface area contributed by atoms with Gasteiger partial charge in [-0.3, -0.25) is 4.79 Å². The number of benzene rings is 1. The molecule has 0 unspecified atom stereocenters. The Balaban J connectivity index is 2.32. The number of hydrogen-bond acceptors (Lipinski definition) is 2. The Bertz CT molecular complexity index is 519. The molecule has 0 aliphatic heterocycles. The molecule has 0 radical (unpaired) electrons. The van der Waals surface area contributed by atoms with Crippen molar-refractivity contribution in [1.82, 2.24) is 9.55 Å². The molecule has 3 nitrogen and oxygen atoms in total. The molecule has 0 saturated heterocycles. The summed E-state index contributed by atoms with van der Waals surface area (Å²) in [7, 11) is 0. The van der Waals surface area contributed by atoms with E-state index >= 15 is 0 Å². The lowest BCUT2D eigenvalue weighted by molar-refractivity contribution is -0.116. The van der Waals surface area contributed by atoms with E-state index in [9.17, 15) is 4.79 Å². The van der Waals surface area contributed by atoms with E-state index in [2.05, 4.69) is 4.98 Å². The maximum absolute atomic E-state index is 11.0. The van der Waals surface area contributed by atoms with Crippen molar-refractivity contribution < 1.29 is 4.79 Å². The van der Waals surface area contributed by atoms with Crippen molar-refractivity contribution in [3.8, 4) is 5.69 Å². The van der Waals surface area contributed by atoms with Crippen molar-refractivity contribution >= 4 is 17.4 Å². The topological polar surface area (TPSA) is 34.9 Å². The van der Waals surface area contributed by atoms with Crippen LogP contribution in [0, 0.1) is 0 Å². The lowest BCUT2D eigenvalue weighted by Gasteiger charge is -2.03. The van der Waals surface area contributed by atoms with E-state index in [0.717, 1.165) is 11.4 Å². The van der Waals surface area contributed by atoms with Gasteiger partial charge in [-0.15, -0.1) is 0 Å². The van der Waals surface area contributed by atoms with Crippen molar-refractivity contribution in [2.75, 3.05) is 0 Å². The molecule has 4 heteroatoms. The van der Waals surface area contributed by atoms with Gasteiger partial charge in [0.1, 0.15) is 5.78 Å². The van der Waals surface area contributed by atoms with Crippen LogP contribution in [0.15, 0.2) is 36.8 Å². The number of halogens is 1. The molecular weight excluding hydrogens is 224 g/mol. The first-order valence-corrected chi connectivity index (χ1v) is 5.32. The highest BCUT2D eigenvalue weighted by Crippen LogP contribution is 2.19. The minimum atomic E-state index is 0.101. The Morgan fingerprint density at radius 1 is 1.44 bits per heavy atom. The highest BCUT2D eigenvalue weighted by atomic mass is 35.5. The van der Waals surface area contributed by atoms with Gasteiger partial charge in [0.25, 0.3) is 0 Å². The number of hydrogen-bond donors (Lipinski definition) is 0. The van der Waals surface area contributed by atoms with Crippen LogP contribution >= 0.6 is 11.6 Å². The molecule has 0 aliphatic carbocycles. The summed E-state index contributed by atoms with van der Waals surface area (Å²) in [5.74, 6) is 0.101. The van der Waals surface area contributed by atoms with Gasteiger partial charge in [0.05, 0.1) is 22.7 Å². The van der Waals surface area contributed by atoms with Crippen LogP contribution in [-0.4, -0.2) is 15.3 Å². The molecule has 82 valence electrons. The Kier molecular flexibility index (Phi) is 3.06. The minimum absolute atomic E-state index is 0.101. The quantitative estimate of drug-likeness (QED) is 0.819. The average molecular weight is 235 g/mol. The molecule has 0 atom stereocenters. The molecule has 0 N–H and O–H groups in total. The number of para-hydroxylation sites is 1. The lowest BCUT2D eigenvalue weighted by atomic mass is 10.2. The molecule has 1 heterocycles. The van der Waals surface area contributed by atoms with Gasteiger partial charge >= 0.3 is 0 Å². The van der Waals surface area contributed by atoms with Crippen LogP contribution in [0.3, 0.4) is 0 Å². The third-order valence-electron chi connectivity index (χ3n) is 2.20. The second-order valence-corrected chi connectivity index (χ2v) is 4.01. The summed E-state index contributed by atoms with van der Waals surface area (Å²) in [4.78, 5) is 15.1. The van der Waals surface area contributed by atoms with E-state index in [0.29, 0.717) is 11.4 Å². The van der Waals surface area contributed by atoms with Crippen molar-refractivity contribution in [1.29, 1.82) is 0 Å². The zero-order valence-electron chi connectivity index (χ0n) is 8.85. The fourth-order valence-corrected chi connectivity index (χ4v) is 1.74. The third kappa shape index (κ3) is 2.31. The Labute approximate surface area is 98.7 Å². The first-order chi connectivity index (χ1) is 7.66. The highest BCUT2D eigenvalue weighted by molar-refractivity contribution is 6.32. The minimum Gasteiger partial charge on any atom is -0.305 e. The van der Waals surface area contributed by atoms with Crippen LogP contribution in [0.2, 0.25) is 5.02 Å². The molecule has 0 spiro atoms. The monoisotopic (exact) mass is 234 g/mol. The molecular formula is C12H11ClN2O. The van der Waals surface area contributed by atoms with E-state index in [1.807, 2.05) is 35.0 Å². The maximum atomic E-state index is 11.0. The van der Waals surface area contributed by atoms with Gasteiger partial charge in [-0.1, -0.05) is 23.7 Å². The highest BCUT2D eigenvalue weighted by Gasteiger charge is 2.05. The molecule has 0 saturated carbocycles. The van der Waals surface area contributed by atoms with Crippen LogP contribution in [-0.2, 0) is 11.2 Å². The van der Waals surface area contributed by atoms with E-state index in [1.54, 1.807) is 13.3 Å². The number of Topliss-reactive ketones (excluding diaryl/α,β-unsaturated/α-hetero) is 1. The second kappa shape index (κ2) is 4.49. The summed E-state index contributed by atoms with van der Waals surface area (Å²) >= 11 is 6.06. The number of carbonyl (C=O) groups is 1. The molecule has 0 bridgehead atoms. The average Bonchev–Trinajstić information content (AvgIpc) is 2.66. The van der Waals surface area contributed by atoms with Gasteiger partial charge in [0.15, 0.2) is 0 Å². The molecule has 0 aliphatic rings. The summed E-state index contributed by atoms with van der Waals surface area (Å²) < 4.78 is 1.82. The van der Waals surface area contributed by atoms with Gasteiger partial charge in [-0.2, -0.15) is 0 Å². The second-order valence-electron chi connectivity index (χ2n) is 3.60. The van der Waals surface area contributed by atoms with Crippen molar-refractivity contribution in [3.63, 3.8) is 0 Å². The predicted molar refractivity (Wildman–Crippen MR) is 63.0 cm³/mol. The first kappa shape index (κ1) is 10.9. The summed E-state index contributed by atoms with van der Waals surface area (Å²) in [6, 6.07) is 7.51. The van der Waals surface area contributed by atoms with E-state index < -0.39 is 0 Å². The SMILES string of the molecule is CC(=O)Cc1cn(-c2ccccc2Cl)cn1. The molecule has 1 aromatic carbocycles. The molecule has 0 fully saturated rings. The zero-order valence-corrected chi connectivity index (χ0v) is 9.61.